The Morgan fingerprint density at radius 2 is 2.06 bits per heavy atom. The lowest BCUT2D eigenvalue weighted by molar-refractivity contribution is -0.188. The summed E-state index contributed by atoms with van der Waals surface area (Å²) < 4.78 is 36.9. The minimum absolute atomic E-state index is 0.0751. The highest BCUT2D eigenvalue weighted by molar-refractivity contribution is 7.99. The van der Waals surface area contributed by atoms with Crippen molar-refractivity contribution in [3.05, 3.63) is 24.3 Å². The number of phenolic OH excluding ortho intramolecular Hbond substituents is 1. The van der Waals surface area contributed by atoms with Crippen LogP contribution in [0.15, 0.2) is 29.2 Å². The molecule has 3 nitrogen and oxygen atoms in total. The van der Waals surface area contributed by atoms with Gasteiger partial charge in [0.1, 0.15) is 5.75 Å². The largest absolute Gasteiger partial charge is 0.508 e. The van der Waals surface area contributed by atoms with E-state index in [1.807, 2.05) is 0 Å². The average Bonchev–Trinajstić information content (AvgIpc) is 2.15. The van der Waals surface area contributed by atoms with Crippen molar-refractivity contribution in [2.45, 2.75) is 11.1 Å². The summed E-state index contributed by atoms with van der Waals surface area (Å²) in [6.45, 7) is 0. The highest BCUT2D eigenvalue weighted by atomic mass is 32.2. The van der Waals surface area contributed by atoms with Gasteiger partial charge in [-0.15, -0.1) is 11.8 Å². The molecule has 1 aromatic carbocycles. The molecule has 17 heavy (non-hydrogen) atoms. The smallest absolute Gasteiger partial charge is 0.403 e. The second-order valence-corrected chi connectivity index (χ2v) is 4.33. The number of aliphatic carboxylic acids is 1. The van der Waals surface area contributed by atoms with E-state index < -0.39 is 23.8 Å². The minimum Gasteiger partial charge on any atom is -0.508 e. The number of rotatable bonds is 4. The maximum absolute atomic E-state index is 12.3. The van der Waals surface area contributed by atoms with Gasteiger partial charge in [-0.1, -0.05) is 6.07 Å². The molecule has 1 unspecified atom stereocenters. The Bertz CT molecular complexity index is 406. The van der Waals surface area contributed by atoms with E-state index in [2.05, 4.69) is 0 Å². The Kier molecular flexibility index (Phi) is 4.28. The average molecular weight is 266 g/mol. The number of carboxylic acid groups (broad SMARTS) is 1. The van der Waals surface area contributed by atoms with Crippen LogP contribution in [0.4, 0.5) is 13.2 Å². The van der Waals surface area contributed by atoms with Gasteiger partial charge in [-0.3, -0.25) is 4.79 Å². The van der Waals surface area contributed by atoms with Crippen molar-refractivity contribution in [1.82, 2.24) is 0 Å². The van der Waals surface area contributed by atoms with E-state index >= 15 is 0 Å². The first-order valence-electron chi connectivity index (χ1n) is 4.52. The van der Waals surface area contributed by atoms with Gasteiger partial charge in [-0.05, 0) is 18.2 Å². The van der Waals surface area contributed by atoms with Crippen LogP contribution in [0.25, 0.3) is 0 Å². The number of hydrogen-bond acceptors (Lipinski definition) is 3. The number of halogens is 3. The molecule has 0 aromatic heterocycles. The zero-order valence-electron chi connectivity index (χ0n) is 8.44. The molecule has 1 aromatic rings. The Morgan fingerprint density at radius 1 is 1.41 bits per heavy atom. The van der Waals surface area contributed by atoms with Crippen LogP contribution in [0.5, 0.6) is 5.75 Å². The Labute approximate surface area is 99.3 Å². The Morgan fingerprint density at radius 3 is 2.53 bits per heavy atom. The predicted molar refractivity (Wildman–Crippen MR) is 56.0 cm³/mol. The first-order chi connectivity index (χ1) is 7.80. The van der Waals surface area contributed by atoms with E-state index in [0.717, 1.165) is 11.8 Å². The summed E-state index contributed by atoms with van der Waals surface area (Å²) in [5.41, 5.74) is 0. The zero-order valence-corrected chi connectivity index (χ0v) is 9.26. The normalized spacial score (nSPS) is 13.4. The van der Waals surface area contributed by atoms with Crippen LogP contribution in [0.3, 0.4) is 0 Å². The molecule has 94 valence electrons. The summed E-state index contributed by atoms with van der Waals surface area (Å²) in [5.74, 6) is -5.00. The Hall–Kier alpha value is -1.37. The number of carbonyl (C=O) groups is 1. The lowest BCUT2D eigenvalue weighted by Gasteiger charge is -2.15. The Balaban J connectivity index is 2.68. The molecule has 0 aliphatic carbocycles. The fourth-order valence-corrected chi connectivity index (χ4v) is 2.13. The number of phenols is 1. The predicted octanol–water partition coefficient (Wildman–Crippen LogP) is 2.75. The van der Waals surface area contributed by atoms with E-state index in [0.29, 0.717) is 4.90 Å². The van der Waals surface area contributed by atoms with Gasteiger partial charge < -0.3 is 10.2 Å². The lowest BCUT2D eigenvalue weighted by Crippen LogP contribution is -2.32. The molecule has 0 aliphatic heterocycles. The van der Waals surface area contributed by atoms with Crippen molar-refractivity contribution >= 4 is 17.7 Å². The van der Waals surface area contributed by atoms with Crippen molar-refractivity contribution < 1.29 is 28.2 Å². The summed E-state index contributed by atoms with van der Waals surface area (Å²) in [7, 11) is 0. The molecule has 0 heterocycles. The molecular formula is C10H9F3O3S. The third-order valence-electron chi connectivity index (χ3n) is 1.93. The first kappa shape index (κ1) is 13.7. The van der Waals surface area contributed by atoms with Crippen LogP contribution in [0, 0.1) is 5.92 Å². The van der Waals surface area contributed by atoms with Crippen molar-refractivity contribution in [3.63, 3.8) is 0 Å². The number of carboxylic acids is 1. The zero-order chi connectivity index (χ0) is 13.1. The maximum atomic E-state index is 12.3. The van der Waals surface area contributed by atoms with E-state index in [1.165, 1.54) is 24.3 Å². The van der Waals surface area contributed by atoms with Crippen molar-refractivity contribution in [2.24, 2.45) is 5.92 Å². The van der Waals surface area contributed by atoms with Gasteiger partial charge in [-0.2, -0.15) is 13.2 Å². The van der Waals surface area contributed by atoms with Gasteiger partial charge in [0.25, 0.3) is 0 Å². The van der Waals surface area contributed by atoms with E-state index in [9.17, 15) is 18.0 Å². The minimum atomic E-state index is -4.77. The molecule has 0 aliphatic rings. The highest BCUT2D eigenvalue weighted by Crippen LogP contribution is 2.32. The molecule has 0 saturated heterocycles. The number of alkyl halides is 3. The van der Waals surface area contributed by atoms with Crippen LogP contribution in [0.1, 0.15) is 0 Å². The van der Waals surface area contributed by atoms with Crippen molar-refractivity contribution in [2.75, 3.05) is 5.75 Å². The first-order valence-corrected chi connectivity index (χ1v) is 5.50. The van der Waals surface area contributed by atoms with E-state index in [4.69, 9.17) is 10.2 Å². The van der Waals surface area contributed by atoms with Crippen LogP contribution < -0.4 is 0 Å². The molecule has 0 spiro atoms. The summed E-state index contributed by atoms with van der Waals surface area (Å²) >= 11 is 0.737. The topological polar surface area (TPSA) is 57.5 Å². The van der Waals surface area contributed by atoms with Crippen molar-refractivity contribution in [3.8, 4) is 5.75 Å². The molecule has 1 atom stereocenters. The molecule has 1 rings (SSSR count). The number of aromatic hydroxyl groups is 1. The fraction of sp³-hybridized carbons (Fsp3) is 0.300. The van der Waals surface area contributed by atoms with Gasteiger partial charge in [0.2, 0.25) is 0 Å². The number of hydrogen-bond donors (Lipinski definition) is 2. The molecule has 0 fully saturated rings. The molecule has 0 saturated carbocycles. The standard InChI is InChI=1S/C10H9F3O3S/c11-10(12,13)8(9(15)16)5-17-7-3-1-2-6(14)4-7/h1-4,8,14H,5H2,(H,15,16). The van der Waals surface area contributed by atoms with E-state index in [-0.39, 0.29) is 5.75 Å². The molecular weight excluding hydrogens is 257 g/mol. The quantitative estimate of drug-likeness (QED) is 0.823. The second kappa shape index (κ2) is 5.31. The lowest BCUT2D eigenvalue weighted by atomic mass is 10.2. The molecule has 0 radical (unpaired) electrons. The molecule has 0 amide bonds. The summed E-state index contributed by atoms with van der Waals surface area (Å²) in [6, 6.07) is 5.63. The van der Waals surface area contributed by atoms with Crippen LogP contribution in [-0.4, -0.2) is 28.1 Å². The number of thioether (sulfide) groups is 1. The highest BCUT2D eigenvalue weighted by Gasteiger charge is 2.44. The fourth-order valence-electron chi connectivity index (χ4n) is 1.06. The summed E-state index contributed by atoms with van der Waals surface area (Å²) in [5, 5.41) is 17.6. The van der Waals surface area contributed by atoms with Gasteiger partial charge in [0.15, 0.2) is 5.92 Å². The molecule has 7 heteroatoms. The number of benzene rings is 1. The van der Waals surface area contributed by atoms with Gasteiger partial charge in [0.05, 0.1) is 0 Å². The second-order valence-electron chi connectivity index (χ2n) is 3.24. The molecule has 0 bridgehead atoms. The van der Waals surface area contributed by atoms with Gasteiger partial charge in [0, 0.05) is 10.6 Å². The third kappa shape index (κ3) is 4.18. The third-order valence-corrected chi connectivity index (χ3v) is 3.01. The van der Waals surface area contributed by atoms with Gasteiger partial charge >= 0.3 is 12.1 Å². The van der Waals surface area contributed by atoms with Crippen molar-refractivity contribution in [1.29, 1.82) is 0 Å². The maximum Gasteiger partial charge on any atom is 0.403 e. The van der Waals surface area contributed by atoms with Crippen LogP contribution in [-0.2, 0) is 4.79 Å². The van der Waals surface area contributed by atoms with Gasteiger partial charge in [-0.25, -0.2) is 0 Å². The molecule has 2 N–H and O–H groups in total. The SMILES string of the molecule is O=C(O)C(CSc1cccc(O)c1)C(F)(F)F. The summed E-state index contributed by atoms with van der Waals surface area (Å²) in [4.78, 5) is 10.8. The van der Waals surface area contributed by atoms with E-state index in [1.54, 1.807) is 0 Å². The van der Waals surface area contributed by atoms with Crippen LogP contribution >= 0.6 is 11.8 Å². The van der Waals surface area contributed by atoms with Crippen LogP contribution in [0.2, 0.25) is 0 Å². The summed E-state index contributed by atoms with van der Waals surface area (Å²) in [6.07, 6.45) is -4.77. The monoisotopic (exact) mass is 266 g/mol.